The van der Waals surface area contributed by atoms with E-state index in [-0.39, 0.29) is 11.9 Å². The summed E-state index contributed by atoms with van der Waals surface area (Å²) >= 11 is 0. The number of nitrogens with one attached hydrogen (secondary N) is 3. The van der Waals surface area contributed by atoms with E-state index in [2.05, 4.69) is 20.6 Å². The van der Waals surface area contributed by atoms with Gasteiger partial charge in [0.1, 0.15) is 0 Å². The molecule has 0 spiro atoms. The standard InChI is InChI=1S/C9H15N5O/c10-1-2-11-9(15)7-3-6-8(4-12-7)14-5-13-6/h5,7,12H,1-4,10H2,(H,11,15)(H,13,14). The average molecular weight is 209 g/mol. The number of hydrogen-bond donors (Lipinski definition) is 4. The number of amides is 1. The molecule has 0 aliphatic carbocycles. The number of imidazole rings is 1. The van der Waals surface area contributed by atoms with E-state index in [4.69, 9.17) is 5.73 Å². The van der Waals surface area contributed by atoms with E-state index in [0.29, 0.717) is 26.1 Å². The predicted molar refractivity (Wildman–Crippen MR) is 55.0 cm³/mol. The molecule has 0 aromatic carbocycles. The largest absolute Gasteiger partial charge is 0.353 e. The fourth-order valence-electron chi connectivity index (χ4n) is 1.67. The van der Waals surface area contributed by atoms with Crippen LogP contribution in [0, 0.1) is 0 Å². The minimum atomic E-state index is -0.188. The molecule has 6 heteroatoms. The highest BCUT2D eigenvalue weighted by Crippen LogP contribution is 2.11. The molecule has 0 radical (unpaired) electrons. The molecule has 1 aromatic rings. The maximum Gasteiger partial charge on any atom is 0.237 e. The summed E-state index contributed by atoms with van der Waals surface area (Å²) in [5.74, 6) is -0.00546. The number of fused-ring (bicyclic) bond motifs is 1. The van der Waals surface area contributed by atoms with Crippen molar-refractivity contribution in [1.82, 2.24) is 20.6 Å². The van der Waals surface area contributed by atoms with Gasteiger partial charge in [0.25, 0.3) is 0 Å². The van der Waals surface area contributed by atoms with Gasteiger partial charge in [0.2, 0.25) is 5.91 Å². The molecule has 1 aliphatic rings. The third kappa shape index (κ3) is 2.16. The maximum atomic E-state index is 11.6. The second kappa shape index (κ2) is 4.41. The normalized spacial score (nSPS) is 19.7. The Kier molecular flexibility index (Phi) is 2.98. The second-order valence-electron chi connectivity index (χ2n) is 3.55. The minimum absolute atomic E-state index is 0.00546. The number of rotatable bonds is 3. The Morgan fingerprint density at radius 3 is 3.40 bits per heavy atom. The maximum absolute atomic E-state index is 11.6. The topological polar surface area (TPSA) is 95.8 Å². The van der Waals surface area contributed by atoms with Gasteiger partial charge >= 0.3 is 0 Å². The van der Waals surface area contributed by atoms with Gasteiger partial charge in [0.15, 0.2) is 0 Å². The van der Waals surface area contributed by atoms with Crippen molar-refractivity contribution in [3.63, 3.8) is 0 Å². The molecule has 2 heterocycles. The van der Waals surface area contributed by atoms with Crippen LogP contribution in [0.25, 0.3) is 0 Å². The molecule has 0 bridgehead atoms. The first-order valence-electron chi connectivity index (χ1n) is 5.03. The van der Waals surface area contributed by atoms with Crippen molar-refractivity contribution in [1.29, 1.82) is 0 Å². The highest BCUT2D eigenvalue weighted by molar-refractivity contribution is 5.82. The number of aromatic amines is 1. The summed E-state index contributed by atoms with van der Waals surface area (Å²) in [5.41, 5.74) is 7.36. The zero-order valence-electron chi connectivity index (χ0n) is 8.42. The minimum Gasteiger partial charge on any atom is -0.353 e. The third-order valence-corrected chi connectivity index (χ3v) is 2.49. The van der Waals surface area contributed by atoms with Gasteiger partial charge in [-0.1, -0.05) is 0 Å². The summed E-state index contributed by atoms with van der Waals surface area (Å²) < 4.78 is 0. The highest BCUT2D eigenvalue weighted by Gasteiger charge is 2.25. The Balaban J connectivity index is 1.94. The molecule has 6 nitrogen and oxygen atoms in total. The molecule has 0 saturated heterocycles. The van der Waals surface area contributed by atoms with Gasteiger partial charge in [-0.15, -0.1) is 0 Å². The predicted octanol–water partition coefficient (Wildman–Crippen LogP) is -1.50. The molecule has 2 rings (SSSR count). The lowest BCUT2D eigenvalue weighted by Crippen LogP contribution is -2.48. The summed E-state index contributed by atoms with van der Waals surface area (Å²) in [7, 11) is 0. The van der Waals surface area contributed by atoms with Crippen molar-refractivity contribution >= 4 is 5.91 Å². The van der Waals surface area contributed by atoms with Crippen LogP contribution >= 0.6 is 0 Å². The van der Waals surface area contributed by atoms with Crippen LogP contribution < -0.4 is 16.4 Å². The third-order valence-electron chi connectivity index (χ3n) is 2.49. The molecule has 82 valence electrons. The highest BCUT2D eigenvalue weighted by atomic mass is 16.2. The number of aromatic nitrogens is 2. The van der Waals surface area contributed by atoms with Crippen molar-refractivity contribution in [2.75, 3.05) is 13.1 Å². The van der Waals surface area contributed by atoms with Crippen molar-refractivity contribution in [2.45, 2.75) is 19.0 Å². The first-order valence-corrected chi connectivity index (χ1v) is 5.03. The summed E-state index contributed by atoms with van der Waals surface area (Å²) in [5, 5.41) is 5.91. The number of carbonyl (C=O) groups is 1. The van der Waals surface area contributed by atoms with Gasteiger partial charge in [0, 0.05) is 26.1 Å². The van der Waals surface area contributed by atoms with E-state index in [0.717, 1.165) is 11.4 Å². The molecular weight excluding hydrogens is 194 g/mol. The Morgan fingerprint density at radius 1 is 1.73 bits per heavy atom. The molecule has 1 unspecified atom stereocenters. The first-order chi connectivity index (χ1) is 7.31. The summed E-state index contributed by atoms with van der Waals surface area (Å²) in [4.78, 5) is 18.8. The number of nitrogens with two attached hydrogens (primary N) is 1. The van der Waals surface area contributed by atoms with Crippen LogP contribution in [-0.2, 0) is 17.8 Å². The van der Waals surface area contributed by atoms with Crippen LogP contribution in [0.5, 0.6) is 0 Å². The smallest absolute Gasteiger partial charge is 0.237 e. The fourth-order valence-corrected chi connectivity index (χ4v) is 1.67. The van der Waals surface area contributed by atoms with Crippen molar-refractivity contribution in [3.8, 4) is 0 Å². The molecule has 1 atom stereocenters. The van der Waals surface area contributed by atoms with Crippen molar-refractivity contribution in [2.24, 2.45) is 5.73 Å². The lowest BCUT2D eigenvalue weighted by Gasteiger charge is -2.22. The van der Waals surface area contributed by atoms with Crippen LogP contribution in [0.3, 0.4) is 0 Å². The van der Waals surface area contributed by atoms with Gasteiger partial charge in [0.05, 0.1) is 23.8 Å². The van der Waals surface area contributed by atoms with Gasteiger partial charge in [-0.25, -0.2) is 4.98 Å². The van der Waals surface area contributed by atoms with E-state index in [1.807, 2.05) is 0 Å². The fraction of sp³-hybridized carbons (Fsp3) is 0.556. The molecule has 1 amide bonds. The lowest BCUT2D eigenvalue weighted by molar-refractivity contribution is -0.123. The number of carbonyl (C=O) groups excluding carboxylic acids is 1. The summed E-state index contributed by atoms with van der Waals surface area (Å²) in [6, 6.07) is -0.188. The number of H-pyrrole nitrogens is 1. The first kappa shape index (κ1) is 10.1. The Hall–Kier alpha value is -1.40. The van der Waals surface area contributed by atoms with Gasteiger partial charge < -0.3 is 16.0 Å². The quantitative estimate of drug-likeness (QED) is 0.487. The zero-order valence-corrected chi connectivity index (χ0v) is 8.42. The van der Waals surface area contributed by atoms with Gasteiger partial charge in [-0.3, -0.25) is 10.1 Å². The van der Waals surface area contributed by atoms with E-state index < -0.39 is 0 Å². The zero-order chi connectivity index (χ0) is 10.7. The molecular formula is C9H15N5O. The molecule has 1 aliphatic heterocycles. The molecule has 5 N–H and O–H groups in total. The summed E-state index contributed by atoms with van der Waals surface area (Å²) in [6.07, 6.45) is 2.29. The van der Waals surface area contributed by atoms with Crippen LogP contribution in [0.1, 0.15) is 11.4 Å². The molecule has 15 heavy (non-hydrogen) atoms. The molecule has 0 saturated carbocycles. The summed E-state index contributed by atoms with van der Waals surface area (Å²) in [6.45, 7) is 1.65. The SMILES string of the molecule is NCCNC(=O)C1Cc2nc[nH]c2CN1. The van der Waals surface area contributed by atoms with Crippen molar-refractivity contribution < 1.29 is 4.79 Å². The number of nitrogens with zero attached hydrogens (tertiary/aromatic N) is 1. The molecule has 1 aromatic heterocycles. The van der Waals surface area contributed by atoms with Crippen molar-refractivity contribution in [3.05, 3.63) is 17.7 Å². The van der Waals surface area contributed by atoms with Gasteiger partial charge in [-0.05, 0) is 0 Å². The van der Waals surface area contributed by atoms with E-state index >= 15 is 0 Å². The van der Waals surface area contributed by atoms with Crippen LogP contribution in [-0.4, -0.2) is 35.0 Å². The van der Waals surface area contributed by atoms with E-state index in [1.54, 1.807) is 6.33 Å². The van der Waals surface area contributed by atoms with E-state index in [9.17, 15) is 4.79 Å². The Labute approximate surface area is 87.6 Å². The monoisotopic (exact) mass is 209 g/mol. The van der Waals surface area contributed by atoms with Gasteiger partial charge in [-0.2, -0.15) is 0 Å². The number of hydrogen-bond acceptors (Lipinski definition) is 4. The van der Waals surface area contributed by atoms with Crippen LogP contribution in [0.15, 0.2) is 6.33 Å². The Bertz CT molecular complexity index is 348. The lowest BCUT2D eigenvalue weighted by atomic mass is 10.0. The Morgan fingerprint density at radius 2 is 2.60 bits per heavy atom. The average Bonchev–Trinajstić information content (AvgIpc) is 2.72. The van der Waals surface area contributed by atoms with Crippen LogP contribution in [0.4, 0.5) is 0 Å². The second-order valence-corrected chi connectivity index (χ2v) is 3.55. The van der Waals surface area contributed by atoms with Crippen LogP contribution in [0.2, 0.25) is 0 Å². The molecule has 0 fully saturated rings. The van der Waals surface area contributed by atoms with E-state index in [1.165, 1.54) is 0 Å².